The summed E-state index contributed by atoms with van der Waals surface area (Å²) >= 11 is 0. The van der Waals surface area contributed by atoms with Gasteiger partial charge in [0.1, 0.15) is 11.6 Å². The third-order valence-corrected chi connectivity index (χ3v) is 6.27. The van der Waals surface area contributed by atoms with Crippen molar-refractivity contribution in [1.82, 2.24) is 10.5 Å². The van der Waals surface area contributed by atoms with E-state index in [0.29, 0.717) is 37.2 Å². The molecular formula is C21H29FN2O4. The van der Waals surface area contributed by atoms with Crippen molar-refractivity contribution in [1.29, 1.82) is 0 Å². The summed E-state index contributed by atoms with van der Waals surface area (Å²) in [7, 11) is 0. The Bertz CT molecular complexity index is 725. The highest BCUT2D eigenvalue weighted by Gasteiger charge is 2.35. The number of ether oxygens (including phenoxy) is 1. The molecule has 0 bridgehead atoms. The molecule has 0 aromatic heterocycles. The molecular weight excluding hydrogens is 363 g/mol. The van der Waals surface area contributed by atoms with Crippen LogP contribution in [0.25, 0.3) is 0 Å². The van der Waals surface area contributed by atoms with Gasteiger partial charge >= 0.3 is 0 Å². The van der Waals surface area contributed by atoms with Gasteiger partial charge in [-0.2, -0.15) is 0 Å². The maximum absolute atomic E-state index is 14.9. The Morgan fingerprint density at radius 3 is 2.79 bits per heavy atom. The first kappa shape index (κ1) is 19.6. The largest absolute Gasteiger partial charge is 0.493 e. The van der Waals surface area contributed by atoms with Crippen molar-refractivity contribution in [2.24, 2.45) is 11.8 Å². The number of rotatable bonds is 7. The van der Waals surface area contributed by atoms with Gasteiger partial charge in [-0.25, -0.2) is 4.39 Å². The lowest BCUT2D eigenvalue weighted by molar-refractivity contribution is -0.188. The normalized spacial score (nSPS) is 27.4. The molecule has 28 heavy (non-hydrogen) atoms. The maximum atomic E-state index is 14.9. The van der Waals surface area contributed by atoms with E-state index in [1.54, 1.807) is 11.7 Å². The lowest BCUT2D eigenvalue weighted by atomic mass is 10.0. The Morgan fingerprint density at radius 2 is 2.11 bits per heavy atom. The van der Waals surface area contributed by atoms with Gasteiger partial charge in [0.05, 0.1) is 12.2 Å². The predicted octanol–water partition coefficient (Wildman–Crippen LogP) is 3.99. The second kappa shape index (κ2) is 8.35. The highest BCUT2D eigenvalue weighted by atomic mass is 19.1. The Kier molecular flexibility index (Phi) is 5.85. The van der Waals surface area contributed by atoms with Gasteiger partial charge in [-0.1, -0.05) is 19.0 Å². The molecule has 2 saturated carbocycles. The Labute approximate surface area is 164 Å². The SMILES string of the molecule is CC1CCC(COc2cc(F)c(C(=O)N3CCCC3ONO)cc2C2CC2)C1. The van der Waals surface area contributed by atoms with Crippen molar-refractivity contribution in [3.63, 3.8) is 0 Å². The van der Waals surface area contributed by atoms with Crippen molar-refractivity contribution in [3.05, 3.63) is 29.1 Å². The summed E-state index contributed by atoms with van der Waals surface area (Å²) in [5, 5.41) is 8.78. The van der Waals surface area contributed by atoms with Gasteiger partial charge in [-0.3, -0.25) is 14.8 Å². The number of carbonyl (C=O) groups excluding carboxylic acids is 1. The van der Waals surface area contributed by atoms with E-state index in [1.165, 1.54) is 17.4 Å². The van der Waals surface area contributed by atoms with Crippen LogP contribution in [0.1, 0.15) is 73.7 Å². The molecule has 2 N–H and O–H groups in total. The maximum Gasteiger partial charge on any atom is 0.258 e. The number of hydrogen-bond donors (Lipinski definition) is 2. The topological polar surface area (TPSA) is 71.0 Å². The zero-order valence-corrected chi connectivity index (χ0v) is 16.3. The summed E-state index contributed by atoms with van der Waals surface area (Å²) in [5.41, 5.74) is 2.64. The molecule has 1 saturated heterocycles. The molecule has 6 nitrogen and oxygen atoms in total. The van der Waals surface area contributed by atoms with Gasteiger partial charge in [0, 0.05) is 12.6 Å². The number of nitrogens with zero attached hydrogens (tertiary/aromatic N) is 1. The lowest BCUT2D eigenvalue weighted by Gasteiger charge is -2.24. The molecule has 1 aliphatic heterocycles. The van der Waals surface area contributed by atoms with Gasteiger partial charge in [0.2, 0.25) is 0 Å². The molecule has 1 aromatic carbocycles. The smallest absolute Gasteiger partial charge is 0.258 e. The van der Waals surface area contributed by atoms with Crippen LogP contribution in [0, 0.1) is 17.7 Å². The minimum absolute atomic E-state index is 0.0529. The molecule has 3 aliphatic rings. The van der Waals surface area contributed by atoms with E-state index in [1.807, 2.05) is 0 Å². The second-order valence-corrected chi connectivity index (χ2v) is 8.54. The number of halogens is 1. The Balaban J connectivity index is 1.52. The van der Waals surface area contributed by atoms with E-state index in [0.717, 1.165) is 43.6 Å². The Hall–Kier alpha value is -1.70. The molecule has 4 rings (SSSR count). The van der Waals surface area contributed by atoms with Gasteiger partial charge < -0.3 is 9.64 Å². The summed E-state index contributed by atoms with van der Waals surface area (Å²) in [6.07, 6.45) is 6.38. The number of nitrogens with one attached hydrogen (secondary N) is 1. The summed E-state index contributed by atoms with van der Waals surface area (Å²) in [4.78, 5) is 19.4. The van der Waals surface area contributed by atoms with Crippen LogP contribution in [0.15, 0.2) is 12.1 Å². The average Bonchev–Trinajstić information content (AvgIpc) is 3.27. The Morgan fingerprint density at radius 1 is 1.29 bits per heavy atom. The van der Waals surface area contributed by atoms with Gasteiger partial charge in [0.15, 0.2) is 6.23 Å². The van der Waals surface area contributed by atoms with E-state index >= 15 is 0 Å². The summed E-state index contributed by atoms with van der Waals surface area (Å²) in [5.74, 6) is 1.22. The van der Waals surface area contributed by atoms with Gasteiger partial charge in [-0.05, 0) is 67.9 Å². The molecule has 1 amide bonds. The monoisotopic (exact) mass is 392 g/mol. The second-order valence-electron chi connectivity index (χ2n) is 8.54. The first-order chi connectivity index (χ1) is 13.6. The third-order valence-electron chi connectivity index (χ3n) is 6.27. The van der Waals surface area contributed by atoms with Crippen LogP contribution in [-0.2, 0) is 4.84 Å². The predicted molar refractivity (Wildman–Crippen MR) is 100 cm³/mol. The molecule has 3 atom stereocenters. The van der Waals surface area contributed by atoms with Crippen LogP contribution in [0.2, 0.25) is 0 Å². The standard InChI is InChI=1S/C21H29FN2O4/c1-13-4-5-14(9-13)12-27-19-11-18(22)17(10-16(19)15-6-7-15)21(25)24-8-2-3-20(24)28-23-26/h10-11,13-15,20,23,26H,2-9,12H2,1H3. The summed E-state index contributed by atoms with van der Waals surface area (Å²) < 4.78 is 20.9. The fourth-order valence-corrected chi connectivity index (χ4v) is 4.56. The van der Waals surface area contributed by atoms with Crippen molar-refractivity contribution in [2.75, 3.05) is 13.2 Å². The van der Waals surface area contributed by atoms with Crippen molar-refractivity contribution >= 4 is 5.91 Å². The van der Waals surface area contributed by atoms with E-state index in [4.69, 9.17) is 14.8 Å². The lowest BCUT2D eigenvalue weighted by Crippen LogP contribution is -2.39. The average molecular weight is 392 g/mol. The zero-order valence-electron chi connectivity index (χ0n) is 16.3. The summed E-state index contributed by atoms with van der Waals surface area (Å²) in [6.45, 7) is 3.35. The fraction of sp³-hybridized carbons (Fsp3) is 0.667. The number of benzene rings is 1. The van der Waals surface area contributed by atoms with E-state index in [9.17, 15) is 9.18 Å². The van der Waals surface area contributed by atoms with Gasteiger partial charge in [-0.15, -0.1) is 0 Å². The number of hydrogen-bond acceptors (Lipinski definition) is 5. The van der Waals surface area contributed by atoms with Crippen molar-refractivity contribution < 1.29 is 24.0 Å². The highest BCUT2D eigenvalue weighted by molar-refractivity contribution is 5.95. The number of likely N-dealkylation sites (tertiary alicyclic amines) is 1. The first-order valence-corrected chi connectivity index (χ1v) is 10.4. The molecule has 154 valence electrons. The van der Waals surface area contributed by atoms with E-state index in [-0.39, 0.29) is 5.56 Å². The molecule has 0 spiro atoms. The fourth-order valence-electron chi connectivity index (χ4n) is 4.56. The quantitative estimate of drug-likeness (QED) is 0.687. The van der Waals surface area contributed by atoms with Crippen LogP contribution in [-0.4, -0.2) is 35.4 Å². The first-order valence-electron chi connectivity index (χ1n) is 10.4. The molecule has 3 unspecified atom stereocenters. The van der Waals surface area contributed by atoms with E-state index in [2.05, 4.69) is 6.92 Å². The van der Waals surface area contributed by atoms with Crippen molar-refractivity contribution in [2.45, 2.75) is 64.0 Å². The van der Waals surface area contributed by atoms with Crippen molar-refractivity contribution in [3.8, 4) is 5.75 Å². The molecule has 3 fully saturated rings. The molecule has 1 aromatic rings. The van der Waals surface area contributed by atoms with Crippen LogP contribution >= 0.6 is 0 Å². The molecule has 7 heteroatoms. The molecule has 1 heterocycles. The molecule has 2 aliphatic carbocycles. The van der Waals surface area contributed by atoms with E-state index < -0.39 is 18.0 Å². The molecule has 0 radical (unpaired) electrons. The summed E-state index contributed by atoms with van der Waals surface area (Å²) in [6, 6.07) is 3.05. The van der Waals surface area contributed by atoms with Crippen LogP contribution < -0.4 is 10.4 Å². The number of carbonyl (C=O) groups is 1. The van der Waals surface area contributed by atoms with Crippen LogP contribution in [0.3, 0.4) is 0 Å². The third kappa shape index (κ3) is 4.16. The minimum Gasteiger partial charge on any atom is -0.493 e. The zero-order chi connectivity index (χ0) is 19.7. The number of amides is 1. The highest BCUT2D eigenvalue weighted by Crippen LogP contribution is 2.45. The van der Waals surface area contributed by atoms with Crippen LogP contribution in [0.4, 0.5) is 4.39 Å². The minimum atomic E-state index is -0.596. The van der Waals surface area contributed by atoms with Gasteiger partial charge in [0.25, 0.3) is 5.91 Å². The van der Waals surface area contributed by atoms with Crippen LogP contribution in [0.5, 0.6) is 5.75 Å².